The normalized spacial score (nSPS) is 10.3. The summed E-state index contributed by atoms with van der Waals surface area (Å²) in [6.45, 7) is 0.469. The van der Waals surface area contributed by atoms with Crippen LogP contribution in [-0.4, -0.2) is 29.8 Å². The van der Waals surface area contributed by atoms with Gasteiger partial charge in [-0.1, -0.05) is 18.2 Å². The van der Waals surface area contributed by atoms with E-state index < -0.39 is 0 Å². The molecule has 1 amide bonds. The number of aromatic nitrogens is 2. The molecule has 0 fully saturated rings. The lowest BCUT2D eigenvalue weighted by atomic mass is 10.1. The van der Waals surface area contributed by atoms with Gasteiger partial charge in [0, 0.05) is 12.2 Å². The molecule has 2 N–H and O–H groups in total. The fourth-order valence-electron chi connectivity index (χ4n) is 2.47. The Morgan fingerprint density at radius 1 is 1.07 bits per heavy atom. The van der Waals surface area contributed by atoms with Crippen LogP contribution in [0.15, 0.2) is 60.7 Å². The third-order valence-electron chi connectivity index (χ3n) is 3.83. The van der Waals surface area contributed by atoms with Crippen molar-refractivity contribution in [1.29, 1.82) is 0 Å². The molecule has 7 heteroatoms. The maximum atomic E-state index is 13.2. The number of nitrogens with zero attached hydrogens (tertiary/aromatic N) is 2. The number of ether oxygens (including phenoxy) is 1. The van der Waals surface area contributed by atoms with Gasteiger partial charge in [-0.2, -0.15) is 0 Å². The number of methoxy groups -OCH3 is 1. The molecule has 138 valence electrons. The number of amides is 1. The van der Waals surface area contributed by atoms with Crippen LogP contribution < -0.4 is 15.4 Å². The van der Waals surface area contributed by atoms with Crippen molar-refractivity contribution >= 4 is 17.4 Å². The van der Waals surface area contributed by atoms with Crippen LogP contribution in [0.4, 0.5) is 15.9 Å². The minimum atomic E-state index is -0.347. The van der Waals surface area contributed by atoms with Crippen LogP contribution in [0.5, 0.6) is 5.75 Å². The van der Waals surface area contributed by atoms with E-state index in [0.29, 0.717) is 24.5 Å². The Hall–Kier alpha value is -3.48. The van der Waals surface area contributed by atoms with Gasteiger partial charge in [0.2, 0.25) is 0 Å². The van der Waals surface area contributed by atoms with Crippen LogP contribution in [0.25, 0.3) is 0 Å². The topological polar surface area (TPSA) is 76.1 Å². The largest absolute Gasteiger partial charge is 0.497 e. The van der Waals surface area contributed by atoms with E-state index in [0.717, 1.165) is 11.3 Å². The van der Waals surface area contributed by atoms with Gasteiger partial charge in [-0.15, -0.1) is 10.2 Å². The van der Waals surface area contributed by atoms with E-state index in [1.54, 1.807) is 31.4 Å². The standard InChI is InChI=1S/C20H19FN4O2/c1-27-17-7-2-4-14(12-17)10-11-22-20(26)18-8-9-19(25-24-18)23-16-6-3-5-15(21)13-16/h2-9,12-13H,10-11H2,1H3,(H,22,26)(H,23,25). The summed E-state index contributed by atoms with van der Waals surface area (Å²) in [7, 11) is 1.62. The first-order valence-electron chi connectivity index (χ1n) is 8.41. The molecule has 0 aliphatic rings. The zero-order chi connectivity index (χ0) is 19.1. The molecule has 0 saturated heterocycles. The lowest BCUT2D eigenvalue weighted by Gasteiger charge is -2.07. The van der Waals surface area contributed by atoms with Gasteiger partial charge in [0.05, 0.1) is 7.11 Å². The Labute approximate surface area is 156 Å². The SMILES string of the molecule is COc1cccc(CCNC(=O)c2ccc(Nc3cccc(F)c3)nn2)c1. The smallest absolute Gasteiger partial charge is 0.271 e. The van der Waals surface area contributed by atoms with Crippen LogP contribution in [0.3, 0.4) is 0 Å². The summed E-state index contributed by atoms with van der Waals surface area (Å²) in [6.07, 6.45) is 0.676. The second-order valence-electron chi connectivity index (χ2n) is 5.80. The van der Waals surface area contributed by atoms with Gasteiger partial charge in [-0.05, 0) is 54.4 Å². The van der Waals surface area contributed by atoms with Crippen molar-refractivity contribution in [3.05, 3.63) is 77.7 Å². The molecule has 6 nitrogen and oxygen atoms in total. The third-order valence-corrected chi connectivity index (χ3v) is 3.83. The zero-order valence-corrected chi connectivity index (χ0v) is 14.8. The Morgan fingerprint density at radius 2 is 1.93 bits per heavy atom. The molecule has 1 aromatic heterocycles. The number of anilines is 2. The van der Waals surface area contributed by atoms with Crippen molar-refractivity contribution in [1.82, 2.24) is 15.5 Å². The van der Waals surface area contributed by atoms with E-state index in [1.165, 1.54) is 12.1 Å². The number of rotatable bonds is 7. The number of nitrogens with one attached hydrogen (secondary N) is 2. The van der Waals surface area contributed by atoms with Crippen molar-refractivity contribution in [2.75, 3.05) is 19.0 Å². The van der Waals surface area contributed by atoms with Gasteiger partial charge in [0.15, 0.2) is 11.5 Å². The predicted octanol–water partition coefficient (Wildman–Crippen LogP) is 3.34. The summed E-state index contributed by atoms with van der Waals surface area (Å²) in [6, 6.07) is 16.9. The molecular formula is C20H19FN4O2. The average molecular weight is 366 g/mol. The van der Waals surface area contributed by atoms with Crippen LogP contribution in [0.2, 0.25) is 0 Å². The van der Waals surface area contributed by atoms with Crippen molar-refractivity contribution in [3.63, 3.8) is 0 Å². The highest BCUT2D eigenvalue weighted by molar-refractivity contribution is 5.92. The molecule has 0 atom stereocenters. The van der Waals surface area contributed by atoms with E-state index in [9.17, 15) is 9.18 Å². The Kier molecular flexibility index (Phi) is 5.94. The van der Waals surface area contributed by atoms with Crippen molar-refractivity contribution in [2.24, 2.45) is 0 Å². The Morgan fingerprint density at radius 3 is 2.67 bits per heavy atom. The maximum Gasteiger partial charge on any atom is 0.271 e. The van der Waals surface area contributed by atoms with Gasteiger partial charge in [-0.25, -0.2) is 4.39 Å². The van der Waals surface area contributed by atoms with E-state index in [4.69, 9.17) is 4.74 Å². The second-order valence-corrected chi connectivity index (χ2v) is 5.80. The molecule has 0 bridgehead atoms. The fourth-order valence-corrected chi connectivity index (χ4v) is 2.47. The van der Waals surface area contributed by atoms with Crippen molar-refractivity contribution in [3.8, 4) is 5.75 Å². The number of benzene rings is 2. The summed E-state index contributed by atoms with van der Waals surface area (Å²) in [5.74, 6) is 0.558. The molecule has 3 aromatic rings. The molecular weight excluding hydrogens is 347 g/mol. The first-order valence-corrected chi connectivity index (χ1v) is 8.41. The van der Waals surface area contributed by atoms with Crippen LogP contribution in [-0.2, 0) is 6.42 Å². The lowest BCUT2D eigenvalue weighted by Crippen LogP contribution is -2.26. The van der Waals surface area contributed by atoms with Gasteiger partial charge < -0.3 is 15.4 Å². The summed E-state index contributed by atoms with van der Waals surface area (Å²) in [4.78, 5) is 12.2. The van der Waals surface area contributed by atoms with Crippen molar-refractivity contribution < 1.29 is 13.9 Å². The molecule has 2 aromatic carbocycles. The van der Waals surface area contributed by atoms with Gasteiger partial charge in [0.1, 0.15) is 11.6 Å². The highest BCUT2D eigenvalue weighted by Crippen LogP contribution is 2.15. The third kappa shape index (κ3) is 5.24. The highest BCUT2D eigenvalue weighted by atomic mass is 19.1. The number of carbonyl (C=O) groups is 1. The fraction of sp³-hybridized carbons (Fsp3) is 0.150. The zero-order valence-electron chi connectivity index (χ0n) is 14.8. The molecule has 27 heavy (non-hydrogen) atoms. The molecule has 1 heterocycles. The summed E-state index contributed by atoms with van der Waals surface area (Å²) >= 11 is 0. The molecule has 0 spiro atoms. The summed E-state index contributed by atoms with van der Waals surface area (Å²) < 4.78 is 18.4. The average Bonchev–Trinajstić information content (AvgIpc) is 2.69. The first kappa shape index (κ1) is 18.3. The van der Waals surface area contributed by atoms with Gasteiger partial charge >= 0.3 is 0 Å². The van der Waals surface area contributed by atoms with E-state index in [2.05, 4.69) is 20.8 Å². The van der Waals surface area contributed by atoms with E-state index >= 15 is 0 Å². The molecule has 3 rings (SSSR count). The highest BCUT2D eigenvalue weighted by Gasteiger charge is 2.08. The number of carbonyl (C=O) groups excluding carboxylic acids is 1. The van der Waals surface area contributed by atoms with E-state index in [-0.39, 0.29) is 17.4 Å². The number of hydrogen-bond acceptors (Lipinski definition) is 5. The quantitative estimate of drug-likeness (QED) is 0.671. The minimum absolute atomic E-state index is 0.213. The Balaban J connectivity index is 1.52. The van der Waals surface area contributed by atoms with Gasteiger partial charge in [-0.3, -0.25) is 4.79 Å². The summed E-state index contributed by atoms with van der Waals surface area (Å²) in [5, 5.41) is 13.6. The lowest BCUT2D eigenvalue weighted by molar-refractivity contribution is 0.0948. The predicted molar refractivity (Wildman–Crippen MR) is 101 cm³/mol. The van der Waals surface area contributed by atoms with Crippen LogP contribution in [0.1, 0.15) is 16.1 Å². The first-order chi connectivity index (χ1) is 13.1. The monoisotopic (exact) mass is 366 g/mol. The van der Waals surface area contributed by atoms with E-state index in [1.807, 2.05) is 24.3 Å². The number of hydrogen-bond donors (Lipinski definition) is 2. The van der Waals surface area contributed by atoms with Crippen LogP contribution >= 0.6 is 0 Å². The molecule has 0 radical (unpaired) electrons. The molecule has 0 aliphatic heterocycles. The second kappa shape index (κ2) is 8.75. The maximum absolute atomic E-state index is 13.2. The van der Waals surface area contributed by atoms with Crippen molar-refractivity contribution in [2.45, 2.75) is 6.42 Å². The molecule has 0 aliphatic carbocycles. The van der Waals surface area contributed by atoms with Crippen LogP contribution in [0, 0.1) is 5.82 Å². The summed E-state index contributed by atoms with van der Waals surface area (Å²) in [5.41, 5.74) is 1.83. The number of halogens is 1. The van der Waals surface area contributed by atoms with Gasteiger partial charge in [0.25, 0.3) is 5.91 Å². The molecule has 0 unspecified atom stereocenters. The minimum Gasteiger partial charge on any atom is -0.497 e. The molecule has 0 saturated carbocycles. The Bertz CT molecular complexity index is 916.